The van der Waals surface area contributed by atoms with Crippen LogP contribution in [0.2, 0.25) is 0 Å². The lowest BCUT2D eigenvalue weighted by molar-refractivity contribution is -0.128. The zero-order valence-electron chi connectivity index (χ0n) is 21.7. The third-order valence-corrected chi connectivity index (χ3v) is 7.26. The van der Waals surface area contributed by atoms with Crippen LogP contribution in [-0.4, -0.2) is 43.6 Å². The minimum atomic E-state index is -1.18. The number of benzene rings is 2. The van der Waals surface area contributed by atoms with Gasteiger partial charge in [0.05, 0.1) is 11.4 Å². The minimum Gasteiger partial charge on any atom is -0.454 e. The molecule has 1 aliphatic carbocycles. The summed E-state index contributed by atoms with van der Waals surface area (Å²) < 4.78 is 50.1. The van der Waals surface area contributed by atoms with Crippen molar-refractivity contribution in [2.45, 2.75) is 31.7 Å². The molecule has 12 heteroatoms. The number of nitrogens with two attached hydrogens (primary N) is 1. The van der Waals surface area contributed by atoms with E-state index in [9.17, 15) is 18.8 Å². The first-order valence-corrected chi connectivity index (χ1v) is 13.2. The molecule has 1 aliphatic heterocycles. The number of hydrogen-bond acceptors (Lipinski definition) is 7. The average molecular weight is 560 g/mol. The number of aromatic nitrogens is 4. The molecule has 3 heterocycles. The van der Waals surface area contributed by atoms with Crippen molar-refractivity contribution in [3.8, 4) is 28.8 Å². The summed E-state index contributed by atoms with van der Waals surface area (Å²) in [5, 5.41) is 14.6. The van der Waals surface area contributed by atoms with Gasteiger partial charge in [-0.05, 0) is 55.9 Å². The van der Waals surface area contributed by atoms with Crippen molar-refractivity contribution >= 4 is 22.8 Å². The highest BCUT2D eigenvalue weighted by molar-refractivity contribution is 5.99. The molecule has 2 aromatic carbocycles. The number of rotatable bonds is 6. The number of carbonyl (C=O) groups is 1. The molecule has 0 spiro atoms. The van der Waals surface area contributed by atoms with Gasteiger partial charge in [-0.3, -0.25) is 4.79 Å². The van der Waals surface area contributed by atoms with Crippen LogP contribution in [0.1, 0.15) is 31.7 Å². The molecule has 1 amide bonds. The lowest BCUT2D eigenvalue weighted by Gasteiger charge is -2.32. The molecule has 0 unspecified atom stereocenters. The zero-order valence-corrected chi connectivity index (χ0v) is 21.7. The smallest absolute Gasteiger partial charge is 0.264 e. The lowest BCUT2D eigenvalue weighted by atomic mass is 10.0. The van der Waals surface area contributed by atoms with Crippen LogP contribution in [0.15, 0.2) is 54.4 Å². The monoisotopic (exact) mass is 559 g/mol. The summed E-state index contributed by atoms with van der Waals surface area (Å²) in [5.74, 6) is -3.36. The first-order chi connectivity index (χ1) is 19.8. The van der Waals surface area contributed by atoms with Gasteiger partial charge in [0.1, 0.15) is 41.0 Å². The maximum absolute atomic E-state index is 15.5. The number of likely N-dealkylation sites (tertiary alicyclic amines) is 1. The SMILES string of the molecule is N#CC(=CC1CC1)C(=O)N1CCC[C@H](n2nc(-c3ccc(Oc4cccc(F)c4F)cc3F)c3c(N)ncnc32)C1. The molecule has 6 rings (SSSR count). The van der Waals surface area contributed by atoms with Crippen LogP contribution < -0.4 is 10.5 Å². The highest BCUT2D eigenvalue weighted by Gasteiger charge is 2.31. The Morgan fingerprint density at radius 2 is 1.95 bits per heavy atom. The maximum Gasteiger partial charge on any atom is 0.264 e. The molecule has 2 aromatic heterocycles. The molecule has 1 saturated heterocycles. The standard InChI is InChI=1S/C29H24F3N7O2/c30-21-4-1-5-23(25(21)32)41-19-8-9-20(22(31)12-19)26-24-27(34)35-15-36-28(24)39(37-26)18-3-2-10-38(14-18)29(40)17(13-33)11-16-6-7-16/h1,4-5,8-9,11-12,15-16,18H,2-3,6-7,10,14H2,(H2,34,35,36)/t18-/m0/s1. The lowest BCUT2D eigenvalue weighted by Crippen LogP contribution is -2.41. The fraction of sp³-hybridized carbons (Fsp3) is 0.276. The molecule has 0 radical (unpaired) electrons. The highest BCUT2D eigenvalue weighted by atomic mass is 19.2. The van der Waals surface area contributed by atoms with E-state index in [2.05, 4.69) is 15.1 Å². The number of halogens is 3. The first kappa shape index (κ1) is 26.3. The number of nitrogens with zero attached hydrogens (tertiary/aromatic N) is 6. The second-order valence-electron chi connectivity index (χ2n) is 10.1. The Kier molecular flexibility index (Phi) is 6.78. The molecule has 4 aromatic rings. The van der Waals surface area contributed by atoms with E-state index < -0.39 is 17.5 Å². The Morgan fingerprint density at radius 1 is 1.12 bits per heavy atom. The molecule has 0 bridgehead atoms. The summed E-state index contributed by atoms with van der Waals surface area (Å²) in [4.78, 5) is 23.2. The summed E-state index contributed by atoms with van der Waals surface area (Å²) in [6.45, 7) is 0.793. The molecule has 9 nitrogen and oxygen atoms in total. The van der Waals surface area contributed by atoms with Crippen LogP contribution >= 0.6 is 0 Å². The van der Waals surface area contributed by atoms with Crippen LogP contribution in [-0.2, 0) is 4.79 Å². The molecule has 1 atom stereocenters. The number of carbonyl (C=O) groups excluding carboxylic acids is 1. The van der Waals surface area contributed by atoms with Crippen LogP contribution in [0.3, 0.4) is 0 Å². The molecular formula is C29H24F3N7O2. The second-order valence-corrected chi connectivity index (χ2v) is 10.1. The van der Waals surface area contributed by atoms with Crippen LogP contribution in [0.5, 0.6) is 11.5 Å². The van der Waals surface area contributed by atoms with E-state index >= 15 is 4.39 Å². The predicted molar refractivity (Wildman–Crippen MR) is 143 cm³/mol. The highest BCUT2D eigenvalue weighted by Crippen LogP contribution is 2.37. The van der Waals surface area contributed by atoms with E-state index in [1.807, 2.05) is 6.07 Å². The third kappa shape index (κ3) is 5.06. The van der Waals surface area contributed by atoms with Crippen molar-refractivity contribution in [2.75, 3.05) is 18.8 Å². The number of piperidine rings is 1. The number of nitriles is 1. The number of amides is 1. The molecule has 208 valence electrons. The Morgan fingerprint density at radius 3 is 2.71 bits per heavy atom. The van der Waals surface area contributed by atoms with E-state index in [1.54, 1.807) is 15.7 Å². The largest absolute Gasteiger partial charge is 0.454 e. The fourth-order valence-corrected chi connectivity index (χ4v) is 5.04. The normalized spacial score (nSPS) is 17.5. The van der Waals surface area contributed by atoms with E-state index in [0.29, 0.717) is 30.4 Å². The van der Waals surface area contributed by atoms with Crippen molar-refractivity contribution in [1.82, 2.24) is 24.6 Å². The topological polar surface area (TPSA) is 123 Å². The van der Waals surface area contributed by atoms with Gasteiger partial charge in [-0.25, -0.2) is 23.4 Å². The van der Waals surface area contributed by atoms with Crippen LogP contribution in [0, 0.1) is 34.7 Å². The first-order valence-electron chi connectivity index (χ1n) is 13.2. The van der Waals surface area contributed by atoms with E-state index in [0.717, 1.165) is 25.0 Å². The molecule has 2 N–H and O–H groups in total. The van der Waals surface area contributed by atoms with Crippen molar-refractivity contribution < 1.29 is 22.7 Å². The van der Waals surface area contributed by atoms with Gasteiger partial charge in [-0.1, -0.05) is 12.1 Å². The van der Waals surface area contributed by atoms with Crippen molar-refractivity contribution in [3.05, 3.63) is 71.8 Å². The van der Waals surface area contributed by atoms with Gasteiger partial charge in [-0.2, -0.15) is 14.8 Å². The summed E-state index contributed by atoms with van der Waals surface area (Å²) in [6.07, 6.45) is 6.35. The third-order valence-electron chi connectivity index (χ3n) is 7.26. The number of nitrogen functional groups attached to an aromatic ring is 1. The summed E-state index contributed by atoms with van der Waals surface area (Å²) in [7, 11) is 0. The zero-order chi connectivity index (χ0) is 28.7. The van der Waals surface area contributed by atoms with Gasteiger partial charge in [0, 0.05) is 24.7 Å². The number of hydrogen-bond donors (Lipinski definition) is 1. The van der Waals surface area contributed by atoms with Gasteiger partial charge in [0.25, 0.3) is 5.91 Å². The quantitative estimate of drug-likeness (QED) is 0.251. The number of allylic oxidation sites excluding steroid dienone is 1. The molecule has 2 fully saturated rings. The Bertz CT molecular complexity index is 1740. The van der Waals surface area contributed by atoms with Crippen molar-refractivity contribution in [1.29, 1.82) is 5.26 Å². The van der Waals surface area contributed by atoms with Gasteiger partial charge in [0.2, 0.25) is 5.82 Å². The Balaban J connectivity index is 1.33. The van der Waals surface area contributed by atoms with E-state index in [1.165, 1.54) is 30.6 Å². The van der Waals surface area contributed by atoms with Gasteiger partial charge in [-0.15, -0.1) is 0 Å². The molecule has 41 heavy (non-hydrogen) atoms. The van der Waals surface area contributed by atoms with Crippen molar-refractivity contribution in [3.63, 3.8) is 0 Å². The van der Waals surface area contributed by atoms with Crippen LogP contribution in [0.4, 0.5) is 19.0 Å². The summed E-state index contributed by atoms with van der Waals surface area (Å²) in [5.41, 5.74) is 6.99. The second kappa shape index (κ2) is 10.6. The summed E-state index contributed by atoms with van der Waals surface area (Å²) in [6, 6.07) is 9.05. The number of anilines is 1. The van der Waals surface area contributed by atoms with E-state index in [-0.39, 0.29) is 58.6 Å². The molecule has 2 aliphatic rings. The molecule has 1 saturated carbocycles. The average Bonchev–Trinajstić information content (AvgIpc) is 3.71. The van der Waals surface area contributed by atoms with Crippen LogP contribution in [0.25, 0.3) is 22.3 Å². The predicted octanol–water partition coefficient (Wildman–Crippen LogP) is 5.31. The Labute approximate surface area is 232 Å². The van der Waals surface area contributed by atoms with Gasteiger partial charge >= 0.3 is 0 Å². The minimum absolute atomic E-state index is 0.0438. The van der Waals surface area contributed by atoms with E-state index in [4.69, 9.17) is 10.5 Å². The maximum atomic E-state index is 15.5. The number of ether oxygens (including phenoxy) is 1. The number of fused-ring (bicyclic) bond motifs is 1. The van der Waals surface area contributed by atoms with Gasteiger partial charge < -0.3 is 15.4 Å². The summed E-state index contributed by atoms with van der Waals surface area (Å²) >= 11 is 0. The van der Waals surface area contributed by atoms with Gasteiger partial charge in [0.15, 0.2) is 17.2 Å². The molecular weight excluding hydrogens is 535 g/mol. The fourth-order valence-electron chi connectivity index (χ4n) is 5.04. The van der Waals surface area contributed by atoms with Crippen molar-refractivity contribution in [2.24, 2.45) is 5.92 Å². The Hall–Kier alpha value is -4.92.